The van der Waals surface area contributed by atoms with Gasteiger partial charge in [-0.1, -0.05) is 11.6 Å². The van der Waals surface area contributed by atoms with Crippen LogP contribution in [0.4, 0.5) is 5.69 Å². The number of carbonyl (C=O) groups is 3. The largest absolute Gasteiger partial charge is 0.378 e. The molecule has 1 fully saturated rings. The van der Waals surface area contributed by atoms with Gasteiger partial charge < -0.3 is 15.0 Å². The van der Waals surface area contributed by atoms with E-state index in [1.54, 1.807) is 31.2 Å². The van der Waals surface area contributed by atoms with Crippen molar-refractivity contribution in [1.29, 1.82) is 0 Å². The van der Waals surface area contributed by atoms with Gasteiger partial charge in [-0.3, -0.25) is 14.4 Å². The van der Waals surface area contributed by atoms with E-state index in [9.17, 15) is 14.4 Å². The molecule has 3 amide bonds. The van der Waals surface area contributed by atoms with Gasteiger partial charge in [0.05, 0.1) is 19.6 Å². The molecule has 134 valence electrons. The summed E-state index contributed by atoms with van der Waals surface area (Å²) >= 11 is 5.78. The third-order valence-corrected chi connectivity index (χ3v) is 3.64. The Balaban J connectivity index is 1.79. The normalized spacial score (nSPS) is 14.8. The molecule has 0 saturated carbocycles. The van der Waals surface area contributed by atoms with Gasteiger partial charge in [-0.2, -0.15) is 5.10 Å². The Morgan fingerprint density at radius 1 is 1.20 bits per heavy atom. The maximum absolute atomic E-state index is 11.9. The minimum atomic E-state index is -0.834. The summed E-state index contributed by atoms with van der Waals surface area (Å²) in [5.74, 6) is -1.79. The smallest absolute Gasteiger partial charge is 0.329 e. The van der Waals surface area contributed by atoms with Crippen LogP contribution in [0.1, 0.15) is 13.3 Å². The molecule has 1 aromatic rings. The highest BCUT2D eigenvalue weighted by molar-refractivity contribution is 6.35. The van der Waals surface area contributed by atoms with Gasteiger partial charge in [0.2, 0.25) is 5.91 Å². The van der Waals surface area contributed by atoms with Gasteiger partial charge >= 0.3 is 11.8 Å². The van der Waals surface area contributed by atoms with E-state index < -0.39 is 11.8 Å². The molecule has 0 unspecified atom stereocenters. The first kappa shape index (κ1) is 18.9. The number of carbonyl (C=O) groups excluding carboxylic acids is 3. The maximum atomic E-state index is 11.9. The molecule has 2 N–H and O–H groups in total. The van der Waals surface area contributed by atoms with Crippen molar-refractivity contribution in [3.63, 3.8) is 0 Å². The number of benzene rings is 1. The second-order valence-electron chi connectivity index (χ2n) is 5.42. The molecule has 0 aliphatic carbocycles. The van der Waals surface area contributed by atoms with Crippen LogP contribution in [-0.2, 0) is 19.1 Å². The molecule has 2 rings (SSSR count). The van der Waals surface area contributed by atoms with E-state index in [1.165, 1.54) is 4.90 Å². The Morgan fingerprint density at radius 3 is 2.48 bits per heavy atom. The van der Waals surface area contributed by atoms with Crippen molar-refractivity contribution in [2.24, 2.45) is 5.10 Å². The number of ether oxygens (including phenoxy) is 1. The van der Waals surface area contributed by atoms with Crippen molar-refractivity contribution in [3.05, 3.63) is 29.3 Å². The van der Waals surface area contributed by atoms with Crippen LogP contribution < -0.4 is 10.7 Å². The lowest BCUT2D eigenvalue weighted by molar-refractivity contribution is -0.148. The molecular weight excluding hydrogens is 348 g/mol. The molecule has 0 atom stereocenters. The molecule has 0 spiro atoms. The average molecular weight is 367 g/mol. The lowest BCUT2D eigenvalue weighted by Crippen LogP contribution is -2.47. The summed E-state index contributed by atoms with van der Waals surface area (Å²) in [6.45, 7) is 3.15. The summed E-state index contributed by atoms with van der Waals surface area (Å²) in [7, 11) is 0. The summed E-state index contributed by atoms with van der Waals surface area (Å²) in [5, 5.41) is 7.05. The molecule has 1 saturated heterocycles. The van der Waals surface area contributed by atoms with Gasteiger partial charge in [-0.15, -0.1) is 0 Å². The third kappa shape index (κ3) is 6.17. The highest BCUT2D eigenvalue weighted by Crippen LogP contribution is 2.13. The summed E-state index contributed by atoms with van der Waals surface area (Å²) in [5.41, 5.74) is 3.15. The topological polar surface area (TPSA) is 100 Å². The van der Waals surface area contributed by atoms with Crippen molar-refractivity contribution in [2.45, 2.75) is 13.3 Å². The van der Waals surface area contributed by atoms with Crippen molar-refractivity contribution < 1.29 is 19.1 Å². The second-order valence-corrected chi connectivity index (χ2v) is 5.86. The SMILES string of the molecule is CC(CC(=O)Nc1ccc(Cl)cc1)=NNC(=O)C(=O)N1CCOCC1. The number of nitrogens with one attached hydrogen (secondary N) is 2. The van der Waals surface area contributed by atoms with Gasteiger partial charge in [0, 0.05) is 29.5 Å². The summed E-state index contributed by atoms with van der Waals surface area (Å²) in [4.78, 5) is 37.0. The number of morpholine rings is 1. The van der Waals surface area contributed by atoms with Gasteiger partial charge in [0.15, 0.2) is 0 Å². The predicted molar refractivity (Wildman–Crippen MR) is 93.3 cm³/mol. The van der Waals surface area contributed by atoms with E-state index in [0.717, 1.165) is 0 Å². The lowest BCUT2D eigenvalue weighted by Gasteiger charge is -2.25. The third-order valence-electron chi connectivity index (χ3n) is 3.39. The van der Waals surface area contributed by atoms with E-state index in [2.05, 4.69) is 15.8 Å². The van der Waals surface area contributed by atoms with E-state index in [0.29, 0.717) is 42.7 Å². The lowest BCUT2D eigenvalue weighted by atomic mass is 10.2. The molecule has 8 nitrogen and oxygen atoms in total. The van der Waals surface area contributed by atoms with Crippen molar-refractivity contribution in [3.8, 4) is 0 Å². The van der Waals surface area contributed by atoms with Crippen LogP contribution in [0.15, 0.2) is 29.4 Å². The predicted octanol–water partition coefficient (Wildman–Crippen LogP) is 1.02. The van der Waals surface area contributed by atoms with Crippen LogP contribution in [-0.4, -0.2) is 54.6 Å². The minimum absolute atomic E-state index is 0.0192. The van der Waals surface area contributed by atoms with Crippen molar-refractivity contribution in [2.75, 3.05) is 31.6 Å². The zero-order valence-corrected chi connectivity index (χ0v) is 14.5. The Bertz CT molecular complexity index is 669. The van der Waals surface area contributed by atoms with E-state index >= 15 is 0 Å². The first-order valence-electron chi connectivity index (χ1n) is 7.71. The standard InChI is InChI=1S/C16H19ClN4O4/c1-11(10-14(22)18-13-4-2-12(17)3-5-13)19-20-15(23)16(24)21-6-8-25-9-7-21/h2-5H,6-10H2,1H3,(H,18,22)(H,20,23). The number of hydrogen-bond donors (Lipinski definition) is 2. The molecule has 25 heavy (non-hydrogen) atoms. The monoisotopic (exact) mass is 366 g/mol. The van der Waals surface area contributed by atoms with Crippen molar-refractivity contribution in [1.82, 2.24) is 10.3 Å². The number of anilines is 1. The zero-order valence-electron chi connectivity index (χ0n) is 13.8. The highest BCUT2D eigenvalue weighted by atomic mass is 35.5. The van der Waals surface area contributed by atoms with Crippen LogP contribution in [0.3, 0.4) is 0 Å². The Hall–Kier alpha value is -2.45. The molecular formula is C16H19ClN4O4. The minimum Gasteiger partial charge on any atom is -0.378 e. The van der Waals surface area contributed by atoms with Gasteiger partial charge in [-0.05, 0) is 31.2 Å². The van der Waals surface area contributed by atoms with Crippen LogP contribution in [0.25, 0.3) is 0 Å². The molecule has 0 bridgehead atoms. The van der Waals surface area contributed by atoms with E-state index in [-0.39, 0.29) is 12.3 Å². The summed E-state index contributed by atoms with van der Waals surface area (Å²) in [6.07, 6.45) is -0.0192. The van der Waals surface area contributed by atoms with Gasteiger partial charge in [-0.25, -0.2) is 5.43 Å². The Labute approximate surface area is 150 Å². The number of nitrogens with zero attached hydrogens (tertiary/aromatic N) is 2. The number of hydrogen-bond acceptors (Lipinski definition) is 5. The van der Waals surface area contributed by atoms with Crippen molar-refractivity contribution >= 4 is 40.7 Å². The van der Waals surface area contributed by atoms with E-state index in [4.69, 9.17) is 16.3 Å². The number of halogens is 1. The Kier molecular flexibility index (Phi) is 6.91. The summed E-state index contributed by atoms with van der Waals surface area (Å²) in [6, 6.07) is 6.68. The molecule has 9 heteroatoms. The number of hydrazone groups is 1. The number of amides is 3. The van der Waals surface area contributed by atoms with Crippen LogP contribution in [0, 0.1) is 0 Å². The van der Waals surface area contributed by atoms with Crippen LogP contribution >= 0.6 is 11.6 Å². The molecule has 0 aromatic heterocycles. The molecule has 1 aliphatic rings. The number of rotatable bonds is 4. The van der Waals surface area contributed by atoms with Crippen LogP contribution in [0.2, 0.25) is 5.02 Å². The maximum Gasteiger partial charge on any atom is 0.329 e. The quantitative estimate of drug-likeness (QED) is 0.472. The van der Waals surface area contributed by atoms with Crippen LogP contribution in [0.5, 0.6) is 0 Å². The highest BCUT2D eigenvalue weighted by Gasteiger charge is 2.23. The molecule has 1 heterocycles. The fraction of sp³-hybridized carbons (Fsp3) is 0.375. The first-order valence-corrected chi connectivity index (χ1v) is 8.09. The second kappa shape index (κ2) is 9.14. The first-order chi connectivity index (χ1) is 12.0. The Morgan fingerprint density at radius 2 is 1.84 bits per heavy atom. The zero-order chi connectivity index (χ0) is 18.2. The fourth-order valence-electron chi connectivity index (χ4n) is 2.11. The van der Waals surface area contributed by atoms with Gasteiger partial charge in [0.25, 0.3) is 0 Å². The molecule has 1 aliphatic heterocycles. The average Bonchev–Trinajstić information content (AvgIpc) is 2.61. The fourth-order valence-corrected chi connectivity index (χ4v) is 2.24. The van der Waals surface area contributed by atoms with E-state index in [1.807, 2.05) is 0 Å². The summed E-state index contributed by atoms with van der Waals surface area (Å²) < 4.78 is 5.12. The molecule has 1 aromatic carbocycles. The molecule has 0 radical (unpaired) electrons. The van der Waals surface area contributed by atoms with Gasteiger partial charge in [0.1, 0.15) is 0 Å².